The summed E-state index contributed by atoms with van der Waals surface area (Å²) >= 11 is 0. The number of nitrogens with one attached hydrogen (secondary N) is 1. The number of anilines is 1. The molecule has 1 aromatic carbocycles. The Morgan fingerprint density at radius 2 is 1.95 bits per heavy atom. The molecule has 0 bridgehead atoms. The van der Waals surface area contributed by atoms with E-state index >= 15 is 0 Å². The molecule has 4 heteroatoms. The molecular weight excluding hydrogens is 252 g/mol. The summed E-state index contributed by atoms with van der Waals surface area (Å²) in [6.45, 7) is 8.99. The number of para-hydroxylation sites is 1. The Hall–Kier alpha value is -1.10. The molecular formula is C16H26N2O2. The Morgan fingerprint density at radius 3 is 2.65 bits per heavy atom. The first-order valence-electron chi connectivity index (χ1n) is 7.48. The van der Waals surface area contributed by atoms with Crippen molar-refractivity contribution < 1.29 is 9.84 Å². The summed E-state index contributed by atoms with van der Waals surface area (Å²) in [5, 5.41) is 13.2. The monoisotopic (exact) mass is 278 g/mol. The van der Waals surface area contributed by atoms with Crippen molar-refractivity contribution in [2.45, 2.75) is 26.5 Å². The molecule has 1 aromatic rings. The van der Waals surface area contributed by atoms with Crippen LogP contribution in [0.15, 0.2) is 24.3 Å². The Kier molecular flexibility index (Phi) is 5.83. The molecule has 0 aliphatic carbocycles. The predicted molar refractivity (Wildman–Crippen MR) is 82.0 cm³/mol. The standard InChI is InChI=1S/C16H26N2O2/c1-13(2)16(19)12-17-11-14-5-3-4-6-15(14)18-7-9-20-10-8-18/h3-6,13,16-17,19H,7-12H2,1-2H3. The van der Waals surface area contributed by atoms with Gasteiger partial charge in [0.25, 0.3) is 0 Å². The fourth-order valence-corrected chi connectivity index (χ4v) is 2.36. The highest BCUT2D eigenvalue weighted by Crippen LogP contribution is 2.21. The van der Waals surface area contributed by atoms with Gasteiger partial charge in [-0.1, -0.05) is 32.0 Å². The van der Waals surface area contributed by atoms with Crippen LogP contribution in [-0.4, -0.2) is 44.1 Å². The smallest absolute Gasteiger partial charge is 0.0687 e. The first kappa shape index (κ1) is 15.3. The average Bonchev–Trinajstić information content (AvgIpc) is 2.48. The van der Waals surface area contributed by atoms with E-state index in [1.54, 1.807) is 0 Å². The topological polar surface area (TPSA) is 44.7 Å². The van der Waals surface area contributed by atoms with Crippen molar-refractivity contribution in [1.29, 1.82) is 0 Å². The number of aliphatic hydroxyl groups is 1. The molecule has 2 rings (SSSR count). The normalized spacial score (nSPS) is 17.5. The van der Waals surface area contributed by atoms with E-state index in [2.05, 4.69) is 34.5 Å². The summed E-state index contributed by atoms with van der Waals surface area (Å²) in [7, 11) is 0. The zero-order chi connectivity index (χ0) is 14.4. The van der Waals surface area contributed by atoms with Gasteiger partial charge in [-0.3, -0.25) is 0 Å². The quantitative estimate of drug-likeness (QED) is 0.830. The van der Waals surface area contributed by atoms with E-state index < -0.39 is 0 Å². The van der Waals surface area contributed by atoms with Crippen LogP contribution in [0.1, 0.15) is 19.4 Å². The van der Waals surface area contributed by atoms with E-state index in [1.165, 1.54) is 11.3 Å². The predicted octanol–water partition coefficient (Wildman–Crippen LogP) is 1.63. The molecule has 1 saturated heterocycles. The fraction of sp³-hybridized carbons (Fsp3) is 0.625. The van der Waals surface area contributed by atoms with Crippen molar-refractivity contribution in [3.63, 3.8) is 0 Å². The summed E-state index contributed by atoms with van der Waals surface area (Å²) in [6, 6.07) is 8.47. The molecule has 0 saturated carbocycles. The average molecular weight is 278 g/mol. The van der Waals surface area contributed by atoms with Crippen LogP contribution in [0.2, 0.25) is 0 Å². The van der Waals surface area contributed by atoms with Gasteiger partial charge in [-0.05, 0) is 17.5 Å². The molecule has 2 N–H and O–H groups in total. The molecule has 0 aromatic heterocycles. The van der Waals surface area contributed by atoms with E-state index in [9.17, 15) is 5.11 Å². The van der Waals surface area contributed by atoms with Crippen molar-refractivity contribution in [2.75, 3.05) is 37.7 Å². The minimum absolute atomic E-state index is 0.287. The third kappa shape index (κ3) is 4.20. The van der Waals surface area contributed by atoms with Crippen LogP contribution < -0.4 is 10.2 Å². The lowest BCUT2D eigenvalue weighted by molar-refractivity contribution is 0.122. The summed E-state index contributed by atoms with van der Waals surface area (Å²) < 4.78 is 5.41. The Bertz CT molecular complexity index is 403. The number of aliphatic hydroxyl groups excluding tert-OH is 1. The summed E-state index contributed by atoms with van der Waals surface area (Å²) in [6.07, 6.45) is -0.287. The first-order chi connectivity index (χ1) is 9.68. The van der Waals surface area contributed by atoms with Crippen LogP contribution in [-0.2, 0) is 11.3 Å². The number of hydrogen-bond donors (Lipinski definition) is 2. The molecule has 1 aliphatic rings. The second kappa shape index (κ2) is 7.62. The van der Waals surface area contributed by atoms with Gasteiger partial charge in [0.2, 0.25) is 0 Å². The SMILES string of the molecule is CC(C)C(O)CNCc1ccccc1N1CCOCC1. The van der Waals surface area contributed by atoms with Crippen LogP contribution >= 0.6 is 0 Å². The highest BCUT2D eigenvalue weighted by atomic mass is 16.5. The minimum atomic E-state index is -0.287. The lowest BCUT2D eigenvalue weighted by Crippen LogP contribution is -2.37. The Balaban J connectivity index is 1.93. The Labute approximate surface area is 121 Å². The first-order valence-corrected chi connectivity index (χ1v) is 7.48. The van der Waals surface area contributed by atoms with Crippen molar-refractivity contribution in [3.05, 3.63) is 29.8 Å². The van der Waals surface area contributed by atoms with Crippen LogP contribution in [0.3, 0.4) is 0 Å². The van der Waals surface area contributed by atoms with Gasteiger partial charge in [-0.15, -0.1) is 0 Å². The summed E-state index contributed by atoms with van der Waals surface area (Å²) in [5.74, 6) is 0.289. The maximum Gasteiger partial charge on any atom is 0.0687 e. The molecule has 1 fully saturated rings. The maximum absolute atomic E-state index is 9.83. The minimum Gasteiger partial charge on any atom is -0.392 e. The third-order valence-corrected chi connectivity index (χ3v) is 3.78. The molecule has 1 heterocycles. The van der Waals surface area contributed by atoms with Crippen LogP contribution in [0.25, 0.3) is 0 Å². The molecule has 112 valence electrons. The summed E-state index contributed by atoms with van der Waals surface area (Å²) in [4.78, 5) is 2.37. The molecule has 1 aliphatic heterocycles. The number of morpholine rings is 1. The highest BCUT2D eigenvalue weighted by molar-refractivity contribution is 5.53. The van der Waals surface area contributed by atoms with Crippen LogP contribution in [0.4, 0.5) is 5.69 Å². The van der Waals surface area contributed by atoms with Crippen molar-refractivity contribution >= 4 is 5.69 Å². The van der Waals surface area contributed by atoms with Gasteiger partial charge in [-0.25, -0.2) is 0 Å². The second-order valence-electron chi connectivity index (χ2n) is 5.67. The van der Waals surface area contributed by atoms with Gasteiger partial charge in [0, 0.05) is 31.9 Å². The van der Waals surface area contributed by atoms with Gasteiger partial charge in [0.05, 0.1) is 19.3 Å². The van der Waals surface area contributed by atoms with Gasteiger partial charge < -0.3 is 20.1 Å². The second-order valence-corrected chi connectivity index (χ2v) is 5.67. The highest BCUT2D eigenvalue weighted by Gasteiger charge is 2.14. The van der Waals surface area contributed by atoms with Crippen molar-refractivity contribution in [1.82, 2.24) is 5.32 Å². The van der Waals surface area contributed by atoms with Gasteiger partial charge >= 0.3 is 0 Å². The number of rotatable bonds is 6. The van der Waals surface area contributed by atoms with E-state index in [4.69, 9.17) is 4.74 Å². The molecule has 1 unspecified atom stereocenters. The van der Waals surface area contributed by atoms with E-state index in [0.29, 0.717) is 6.54 Å². The third-order valence-electron chi connectivity index (χ3n) is 3.78. The molecule has 0 radical (unpaired) electrons. The largest absolute Gasteiger partial charge is 0.392 e. The van der Waals surface area contributed by atoms with Crippen LogP contribution in [0.5, 0.6) is 0 Å². The molecule has 20 heavy (non-hydrogen) atoms. The van der Waals surface area contributed by atoms with Gasteiger partial charge in [0.15, 0.2) is 0 Å². The van der Waals surface area contributed by atoms with Crippen molar-refractivity contribution in [3.8, 4) is 0 Å². The number of nitrogens with zero attached hydrogens (tertiary/aromatic N) is 1. The molecule has 1 atom stereocenters. The lowest BCUT2D eigenvalue weighted by Gasteiger charge is -2.30. The Morgan fingerprint density at radius 1 is 1.25 bits per heavy atom. The maximum atomic E-state index is 9.83. The number of benzene rings is 1. The number of ether oxygens (including phenoxy) is 1. The summed E-state index contributed by atoms with van der Waals surface area (Å²) in [5.41, 5.74) is 2.56. The number of hydrogen-bond acceptors (Lipinski definition) is 4. The van der Waals surface area contributed by atoms with E-state index in [1.807, 2.05) is 13.8 Å². The van der Waals surface area contributed by atoms with E-state index in [-0.39, 0.29) is 12.0 Å². The lowest BCUT2D eigenvalue weighted by atomic mass is 10.1. The van der Waals surface area contributed by atoms with Crippen molar-refractivity contribution in [2.24, 2.45) is 5.92 Å². The van der Waals surface area contributed by atoms with Gasteiger partial charge in [-0.2, -0.15) is 0 Å². The van der Waals surface area contributed by atoms with Gasteiger partial charge in [0.1, 0.15) is 0 Å². The molecule has 4 nitrogen and oxygen atoms in total. The van der Waals surface area contributed by atoms with Crippen LogP contribution in [0, 0.1) is 5.92 Å². The zero-order valence-corrected chi connectivity index (χ0v) is 12.5. The molecule has 0 amide bonds. The molecule has 0 spiro atoms. The van der Waals surface area contributed by atoms with E-state index in [0.717, 1.165) is 32.8 Å². The fourth-order valence-electron chi connectivity index (χ4n) is 2.36. The zero-order valence-electron chi connectivity index (χ0n) is 12.5.